The Morgan fingerprint density at radius 3 is 2.59 bits per heavy atom. The number of fused-ring (bicyclic) bond motifs is 1. The van der Waals surface area contributed by atoms with Gasteiger partial charge in [-0.25, -0.2) is 0 Å². The number of rotatable bonds is 1. The Hall–Kier alpha value is -3.63. The van der Waals surface area contributed by atoms with Gasteiger partial charge < -0.3 is 30.9 Å². The first kappa shape index (κ1) is 23.0. The van der Waals surface area contributed by atoms with Crippen molar-refractivity contribution in [3.05, 3.63) is 29.8 Å². The molecule has 1 aromatic carbocycles. The predicted molar refractivity (Wildman–Crippen MR) is 113 cm³/mol. The molecule has 0 spiro atoms. The van der Waals surface area contributed by atoms with Crippen molar-refractivity contribution in [1.29, 1.82) is 0 Å². The third-order valence-corrected chi connectivity index (χ3v) is 5.12. The minimum Gasteiger partial charge on any atom is -0.493 e. The molecule has 0 saturated carbocycles. The van der Waals surface area contributed by atoms with Gasteiger partial charge in [-0.1, -0.05) is 12.1 Å². The third-order valence-electron chi connectivity index (χ3n) is 5.12. The molecular weight excluding hydrogens is 418 g/mol. The highest BCUT2D eigenvalue weighted by Gasteiger charge is 2.32. The number of amides is 5. The average Bonchev–Trinajstić information content (AvgIpc) is 2.77. The van der Waals surface area contributed by atoms with Gasteiger partial charge in [-0.05, 0) is 25.5 Å². The molecule has 11 heteroatoms. The molecule has 3 rings (SSSR count). The number of carbonyl (C=O) groups excluding carboxylic acids is 5. The van der Waals surface area contributed by atoms with Gasteiger partial charge in [-0.3, -0.25) is 24.0 Å². The number of para-hydroxylation sites is 1. The summed E-state index contributed by atoms with van der Waals surface area (Å²) in [5, 5.41) is 10.5. The molecule has 2 aliphatic rings. The van der Waals surface area contributed by atoms with Crippen molar-refractivity contribution in [1.82, 2.24) is 26.2 Å². The highest BCUT2D eigenvalue weighted by Crippen LogP contribution is 2.19. The van der Waals surface area contributed by atoms with Crippen LogP contribution in [0.1, 0.15) is 30.1 Å². The van der Waals surface area contributed by atoms with Crippen LogP contribution in [0.4, 0.5) is 0 Å². The fourth-order valence-corrected chi connectivity index (χ4v) is 3.43. The molecule has 0 aromatic heterocycles. The summed E-state index contributed by atoms with van der Waals surface area (Å²) in [4.78, 5) is 63.8. The van der Waals surface area contributed by atoms with Crippen molar-refractivity contribution < 1.29 is 28.7 Å². The van der Waals surface area contributed by atoms with E-state index in [-0.39, 0.29) is 50.0 Å². The molecule has 32 heavy (non-hydrogen) atoms. The molecule has 5 amide bonds. The van der Waals surface area contributed by atoms with Gasteiger partial charge in [0.1, 0.15) is 17.8 Å². The first-order chi connectivity index (χ1) is 15.3. The number of hydrogen-bond acceptors (Lipinski definition) is 6. The second-order valence-electron chi connectivity index (χ2n) is 7.62. The molecule has 4 N–H and O–H groups in total. The molecule has 0 bridgehead atoms. The maximum Gasteiger partial charge on any atom is 0.255 e. The molecule has 2 heterocycles. The number of ether oxygens (including phenoxy) is 1. The van der Waals surface area contributed by atoms with Gasteiger partial charge in [0.25, 0.3) is 5.91 Å². The topological polar surface area (TPSA) is 146 Å². The fraction of sp³-hybridized carbons (Fsp3) is 0.476. The number of benzene rings is 1. The van der Waals surface area contributed by atoms with E-state index in [4.69, 9.17) is 4.74 Å². The Labute approximate surface area is 185 Å². The van der Waals surface area contributed by atoms with E-state index in [1.54, 1.807) is 24.3 Å². The highest BCUT2D eigenvalue weighted by atomic mass is 16.5. The van der Waals surface area contributed by atoms with Crippen molar-refractivity contribution >= 4 is 29.5 Å². The van der Waals surface area contributed by atoms with Crippen LogP contribution >= 0.6 is 0 Å². The Kier molecular flexibility index (Phi) is 7.63. The van der Waals surface area contributed by atoms with Crippen LogP contribution < -0.4 is 26.0 Å². The molecule has 2 aliphatic heterocycles. The summed E-state index contributed by atoms with van der Waals surface area (Å²) in [6.45, 7) is 2.51. The number of nitrogens with one attached hydrogen (secondary N) is 4. The smallest absolute Gasteiger partial charge is 0.255 e. The number of nitrogens with zero attached hydrogens (tertiary/aromatic N) is 1. The van der Waals surface area contributed by atoms with Gasteiger partial charge in [0.05, 0.1) is 25.1 Å². The van der Waals surface area contributed by atoms with Crippen LogP contribution in [0.2, 0.25) is 0 Å². The summed E-state index contributed by atoms with van der Waals surface area (Å²) in [5.41, 5.74) is 0.217. The quantitative estimate of drug-likeness (QED) is 0.416. The van der Waals surface area contributed by atoms with E-state index >= 15 is 0 Å². The number of piperazine rings is 1. The van der Waals surface area contributed by atoms with E-state index in [0.29, 0.717) is 18.7 Å². The molecule has 1 aromatic rings. The minimum absolute atomic E-state index is 0.161. The maximum atomic E-state index is 13.1. The van der Waals surface area contributed by atoms with Crippen molar-refractivity contribution in [2.45, 2.75) is 31.8 Å². The SMILES string of the molecule is C[C@@H]1NC(=O)C[C@@H](C(=O)N2CCNC(=O)C2)NC(=O)c2ccccc2OCCCNC1=O. The molecule has 0 unspecified atom stereocenters. The largest absolute Gasteiger partial charge is 0.493 e. The molecule has 0 aliphatic carbocycles. The molecular formula is C21H27N5O6. The van der Waals surface area contributed by atoms with Crippen LogP contribution in [-0.2, 0) is 19.2 Å². The van der Waals surface area contributed by atoms with Crippen LogP contribution in [0.15, 0.2) is 24.3 Å². The lowest BCUT2D eigenvalue weighted by Crippen LogP contribution is -2.57. The normalized spacial score (nSPS) is 23.2. The molecule has 11 nitrogen and oxygen atoms in total. The van der Waals surface area contributed by atoms with Crippen LogP contribution in [0.25, 0.3) is 0 Å². The highest BCUT2D eigenvalue weighted by molar-refractivity contribution is 6.01. The lowest BCUT2D eigenvalue weighted by atomic mass is 10.1. The molecule has 1 saturated heterocycles. The monoisotopic (exact) mass is 445 g/mol. The van der Waals surface area contributed by atoms with Gasteiger partial charge in [-0.2, -0.15) is 0 Å². The fourth-order valence-electron chi connectivity index (χ4n) is 3.43. The number of carbonyl (C=O) groups is 5. The van der Waals surface area contributed by atoms with Crippen LogP contribution in [0.3, 0.4) is 0 Å². The molecule has 0 radical (unpaired) electrons. The Morgan fingerprint density at radius 2 is 1.81 bits per heavy atom. The summed E-state index contributed by atoms with van der Waals surface area (Å²) in [7, 11) is 0. The van der Waals surface area contributed by atoms with Gasteiger partial charge in [0.15, 0.2) is 0 Å². The summed E-state index contributed by atoms with van der Waals surface area (Å²) in [6, 6.07) is 4.52. The summed E-state index contributed by atoms with van der Waals surface area (Å²) in [6.07, 6.45) is 0.115. The van der Waals surface area contributed by atoms with Crippen LogP contribution in [-0.4, -0.2) is 79.3 Å². The van der Waals surface area contributed by atoms with E-state index in [2.05, 4.69) is 21.3 Å². The maximum absolute atomic E-state index is 13.1. The zero-order chi connectivity index (χ0) is 23.1. The van der Waals surface area contributed by atoms with Crippen molar-refractivity contribution in [3.8, 4) is 5.75 Å². The summed E-state index contributed by atoms with van der Waals surface area (Å²) >= 11 is 0. The average molecular weight is 445 g/mol. The van der Waals surface area contributed by atoms with Crippen molar-refractivity contribution in [2.75, 3.05) is 32.8 Å². The second kappa shape index (κ2) is 10.6. The van der Waals surface area contributed by atoms with Crippen molar-refractivity contribution in [2.24, 2.45) is 0 Å². The predicted octanol–water partition coefficient (Wildman–Crippen LogP) is -1.46. The van der Waals surface area contributed by atoms with E-state index in [1.165, 1.54) is 11.8 Å². The Bertz CT molecular complexity index is 904. The molecule has 2 atom stereocenters. The third kappa shape index (κ3) is 5.96. The lowest BCUT2D eigenvalue weighted by molar-refractivity contribution is -0.141. The van der Waals surface area contributed by atoms with E-state index in [0.717, 1.165) is 0 Å². The van der Waals surface area contributed by atoms with Gasteiger partial charge in [0.2, 0.25) is 23.6 Å². The Balaban J connectivity index is 1.86. The summed E-state index contributed by atoms with van der Waals surface area (Å²) < 4.78 is 5.70. The van der Waals surface area contributed by atoms with E-state index in [1.807, 2.05) is 0 Å². The molecule has 1 fully saturated rings. The second-order valence-corrected chi connectivity index (χ2v) is 7.62. The molecule has 172 valence electrons. The van der Waals surface area contributed by atoms with Gasteiger partial charge >= 0.3 is 0 Å². The van der Waals surface area contributed by atoms with E-state index in [9.17, 15) is 24.0 Å². The number of hydrogen-bond donors (Lipinski definition) is 4. The standard InChI is InChI=1S/C21H27N5O6/c1-13-19(29)23-7-4-10-32-16-6-3-2-5-14(16)20(30)25-15(11-17(27)24-13)21(31)26-9-8-22-18(28)12-26/h2-3,5-6,13,15H,4,7-12H2,1H3,(H,22,28)(H,23,29)(H,24,27)(H,25,30)/t13-,15-/m0/s1. The van der Waals surface area contributed by atoms with Crippen molar-refractivity contribution in [3.63, 3.8) is 0 Å². The lowest BCUT2D eigenvalue weighted by Gasteiger charge is -2.30. The summed E-state index contributed by atoms with van der Waals surface area (Å²) in [5.74, 6) is -2.07. The zero-order valence-corrected chi connectivity index (χ0v) is 17.8. The van der Waals surface area contributed by atoms with Crippen LogP contribution in [0.5, 0.6) is 5.75 Å². The Morgan fingerprint density at radius 1 is 1.03 bits per heavy atom. The zero-order valence-electron chi connectivity index (χ0n) is 17.8. The van der Waals surface area contributed by atoms with E-state index < -0.39 is 29.8 Å². The van der Waals surface area contributed by atoms with Crippen LogP contribution in [0, 0.1) is 0 Å². The van der Waals surface area contributed by atoms with Gasteiger partial charge in [-0.15, -0.1) is 0 Å². The first-order valence-corrected chi connectivity index (χ1v) is 10.5. The minimum atomic E-state index is -1.22. The van der Waals surface area contributed by atoms with Gasteiger partial charge in [0, 0.05) is 19.6 Å². The first-order valence-electron chi connectivity index (χ1n) is 10.5.